The number of benzene rings is 2. The number of imide groups is 1. The molecule has 0 saturated heterocycles. The molecule has 134 valence electrons. The minimum atomic E-state index is -0.364. The van der Waals surface area contributed by atoms with Gasteiger partial charge in [-0.15, -0.1) is 0 Å². The Morgan fingerprint density at radius 3 is 2.73 bits per heavy atom. The van der Waals surface area contributed by atoms with Gasteiger partial charge in [-0.1, -0.05) is 29.8 Å². The van der Waals surface area contributed by atoms with E-state index in [-0.39, 0.29) is 37.1 Å². The Morgan fingerprint density at radius 1 is 1.23 bits per heavy atom. The molecule has 0 bridgehead atoms. The number of ether oxygens (including phenoxy) is 1. The summed E-state index contributed by atoms with van der Waals surface area (Å²) in [6.07, 6.45) is 0.168. The second kappa shape index (κ2) is 7.58. The number of fused-ring (bicyclic) bond motifs is 1. The maximum Gasteiger partial charge on any atom is 0.260 e. The molecule has 26 heavy (non-hydrogen) atoms. The van der Waals surface area contributed by atoms with Gasteiger partial charge in [0.2, 0.25) is 11.8 Å². The van der Waals surface area contributed by atoms with Crippen LogP contribution in [0.15, 0.2) is 42.5 Å². The summed E-state index contributed by atoms with van der Waals surface area (Å²) >= 11 is 6.02. The molecule has 0 aliphatic carbocycles. The van der Waals surface area contributed by atoms with Crippen LogP contribution in [0.3, 0.4) is 0 Å². The molecule has 1 aliphatic rings. The zero-order valence-corrected chi connectivity index (χ0v) is 14.9. The Morgan fingerprint density at radius 2 is 2.00 bits per heavy atom. The molecular formula is C19H17ClN2O4. The van der Waals surface area contributed by atoms with Crippen molar-refractivity contribution in [1.82, 2.24) is 4.90 Å². The number of carbonyl (C=O) groups is 3. The first kappa shape index (κ1) is 17.9. The van der Waals surface area contributed by atoms with E-state index in [4.69, 9.17) is 16.3 Å². The van der Waals surface area contributed by atoms with Crippen LogP contribution in [-0.2, 0) is 16.0 Å². The molecule has 1 aliphatic heterocycles. The Hall–Kier alpha value is -2.86. The molecule has 0 fully saturated rings. The summed E-state index contributed by atoms with van der Waals surface area (Å²) in [6.45, 7) is 0.0295. The molecule has 0 radical (unpaired) electrons. The fourth-order valence-corrected chi connectivity index (χ4v) is 3.07. The van der Waals surface area contributed by atoms with Crippen LogP contribution < -0.4 is 10.1 Å². The SMILES string of the molecule is COc1ccc(NC(=O)CCN2C(=O)Cc3ccccc3C2=O)cc1Cl. The largest absolute Gasteiger partial charge is 0.495 e. The van der Waals surface area contributed by atoms with E-state index in [2.05, 4.69) is 5.32 Å². The zero-order chi connectivity index (χ0) is 18.7. The molecule has 0 atom stereocenters. The van der Waals surface area contributed by atoms with Crippen LogP contribution in [0.1, 0.15) is 22.3 Å². The van der Waals surface area contributed by atoms with Crippen LogP contribution in [0.25, 0.3) is 0 Å². The number of nitrogens with one attached hydrogen (secondary N) is 1. The summed E-state index contributed by atoms with van der Waals surface area (Å²) in [7, 11) is 1.50. The van der Waals surface area contributed by atoms with Crippen molar-refractivity contribution in [2.45, 2.75) is 12.8 Å². The quantitative estimate of drug-likeness (QED) is 0.819. The zero-order valence-electron chi connectivity index (χ0n) is 14.1. The van der Waals surface area contributed by atoms with Gasteiger partial charge in [0.1, 0.15) is 5.75 Å². The lowest BCUT2D eigenvalue weighted by Gasteiger charge is -2.26. The normalized spacial score (nSPS) is 13.4. The molecule has 2 aromatic carbocycles. The molecule has 0 aromatic heterocycles. The minimum Gasteiger partial charge on any atom is -0.495 e. The summed E-state index contributed by atoms with van der Waals surface area (Å²) in [4.78, 5) is 37.9. The van der Waals surface area contributed by atoms with Crippen molar-refractivity contribution in [2.75, 3.05) is 19.0 Å². The van der Waals surface area contributed by atoms with Crippen LogP contribution in [0.4, 0.5) is 5.69 Å². The van der Waals surface area contributed by atoms with E-state index in [1.54, 1.807) is 42.5 Å². The van der Waals surface area contributed by atoms with E-state index in [1.807, 2.05) is 0 Å². The number of carbonyl (C=O) groups excluding carboxylic acids is 3. The Kier molecular flexibility index (Phi) is 5.23. The number of halogens is 1. The molecular weight excluding hydrogens is 356 g/mol. The third kappa shape index (κ3) is 3.70. The van der Waals surface area contributed by atoms with E-state index < -0.39 is 0 Å². The van der Waals surface area contributed by atoms with E-state index in [9.17, 15) is 14.4 Å². The first-order chi connectivity index (χ1) is 12.5. The highest BCUT2D eigenvalue weighted by Gasteiger charge is 2.30. The number of rotatable bonds is 5. The number of amides is 3. The predicted octanol–water partition coefficient (Wildman–Crippen LogP) is 2.90. The van der Waals surface area contributed by atoms with Crippen molar-refractivity contribution in [3.8, 4) is 5.75 Å². The van der Waals surface area contributed by atoms with Crippen molar-refractivity contribution in [1.29, 1.82) is 0 Å². The van der Waals surface area contributed by atoms with Gasteiger partial charge in [-0.2, -0.15) is 0 Å². The smallest absolute Gasteiger partial charge is 0.260 e. The first-order valence-electron chi connectivity index (χ1n) is 8.05. The van der Waals surface area contributed by atoms with Crippen LogP contribution in [0, 0.1) is 0 Å². The van der Waals surface area contributed by atoms with Gasteiger partial charge in [0.15, 0.2) is 0 Å². The molecule has 1 N–H and O–H groups in total. The van der Waals surface area contributed by atoms with E-state index in [1.165, 1.54) is 7.11 Å². The van der Waals surface area contributed by atoms with Crippen molar-refractivity contribution < 1.29 is 19.1 Å². The number of hydrogen-bond acceptors (Lipinski definition) is 4. The van der Waals surface area contributed by atoms with Gasteiger partial charge in [-0.25, -0.2) is 0 Å². The number of methoxy groups -OCH3 is 1. The lowest BCUT2D eigenvalue weighted by Crippen LogP contribution is -2.43. The highest BCUT2D eigenvalue weighted by molar-refractivity contribution is 6.32. The lowest BCUT2D eigenvalue weighted by molar-refractivity contribution is -0.128. The standard InChI is InChI=1S/C19H17ClN2O4/c1-26-16-7-6-13(11-15(16)20)21-17(23)8-9-22-18(24)10-12-4-2-3-5-14(12)19(22)25/h2-7,11H,8-10H2,1H3,(H,21,23). The molecule has 0 spiro atoms. The fourth-order valence-electron chi connectivity index (χ4n) is 2.81. The molecule has 3 rings (SSSR count). The molecule has 1 heterocycles. The van der Waals surface area contributed by atoms with Gasteiger partial charge in [0.05, 0.1) is 18.6 Å². The summed E-state index contributed by atoms with van der Waals surface area (Å²) in [5.41, 5.74) is 1.74. The Labute approximate surface area is 155 Å². The second-order valence-corrected chi connectivity index (χ2v) is 6.24. The van der Waals surface area contributed by atoms with Crippen molar-refractivity contribution >= 4 is 35.0 Å². The van der Waals surface area contributed by atoms with Crippen LogP contribution in [0.2, 0.25) is 5.02 Å². The van der Waals surface area contributed by atoms with Gasteiger partial charge in [0, 0.05) is 24.2 Å². The van der Waals surface area contributed by atoms with Crippen LogP contribution in [0.5, 0.6) is 5.75 Å². The Balaban J connectivity index is 1.62. The van der Waals surface area contributed by atoms with Crippen LogP contribution in [-0.4, -0.2) is 36.3 Å². The second-order valence-electron chi connectivity index (χ2n) is 5.83. The summed E-state index contributed by atoms with van der Waals surface area (Å²) in [5.74, 6) is -0.468. The maximum absolute atomic E-state index is 12.5. The molecule has 3 amide bonds. The number of anilines is 1. The molecule has 0 unspecified atom stereocenters. The van der Waals surface area contributed by atoms with E-state index in [0.717, 1.165) is 10.5 Å². The topological polar surface area (TPSA) is 75.7 Å². The van der Waals surface area contributed by atoms with E-state index in [0.29, 0.717) is 22.0 Å². The summed E-state index contributed by atoms with van der Waals surface area (Å²) in [6, 6.07) is 11.9. The average molecular weight is 373 g/mol. The van der Waals surface area contributed by atoms with Gasteiger partial charge in [-0.05, 0) is 29.8 Å². The maximum atomic E-state index is 12.5. The highest BCUT2D eigenvalue weighted by Crippen LogP contribution is 2.27. The average Bonchev–Trinajstić information content (AvgIpc) is 2.61. The van der Waals surface area contributed by atoms with Crippen LogP contribution >= 0.6 is 11.6 Å². The van der Waals surface area contributed by atoms with Gasteiger partial charge >= 0.3 is 0 Å². The molecule has 6 nitrogen and oxygen atoms in total. The van der Waals surface area contributed by atoms with Crippen molar-refractivity contribution in [2.24, 2.45) is 0 Å². The van der Waals surface area contributed by atoms with E-state index >= 15 is 0 Å². The third-order valence-electron chi connectivity index (χ3n) is 4.13. The molecule has 0 saturated carbocycles. The lowest BCUT2D eigenvalue weighted by atomic mass is 9.98. The summed E-state index contributed by atoms with van der Waals surface area (Å²) in [5, 5.41) is 3.07. The predicted molar refractivity (Wildman–Crippen MR) is 97.4 cm³/mol. The summed E-state index contributed by atoms with van der Waals surface area (Å²) < 4.78 is 5.06. The van der Waals surface area contributed by atoms with Gasteiger partial charge < -0.3 is 10.1 Å². The van der Waals surface area contributed by atoms with Crippen molar-refractivity contribution in [3.05, 3.63) is 58.6 Å². The monoisotopic (exact) mass is 372 g/mol. The molecule has 7 heteroatoms. The first-order valence-corrected chi connectivity index (χ1v) is 8.43. The fraction of sp³-hybridized carbons (Fsp3) is 0.211. The molecule has 2 aromatic rings. The third-order valence-corrected chi connectivity index (χ3v) is 4.43. The number of nitrogens with zero attached hydrogens (tertiary/aromatic N) is 1. The highest BCUT2D eigenvalue weighted by atomic mass is 35.5. The van der Waals surface area contributed by atoms with Gasteiger partial charge in [-0.3, -0.25) is 19.3 Å². The van der Waals surface area contributed by atoms with Gasteiger partial charge in [0.25, 0.3) is 5.91 Å². The minimum absolute atomic E-state index is 0.00327. The van der Waals surface area contributed by atoms with Crippen molar-refractivity contribution in [3.63, 3.8) is 0 Å². The number of hydrogen-bond donors (Lipinski definition) is 1. The Bertz CT molecular complexity index is 882.